The molecule has 1 fully saturated rings. The number of ether oxygens (including phenoxy) is 1. The van der Waals surface area contributed by atoms with Gasteiger partial charge in [-0.2, -0.15) is 12.1 Å². The van der Waals surface area contributed by atoms with Gasteiger partial charge in [0.15, 0.2) is 0 Å². The topological polar surface area (TPSA) is 29.5 Å². The smallest absolute Gasteiger partial charge is 0.226 e. The number of carbonyl (C=O) groups is 1. The molecule has 3 nitrogen and oxygen atoms in total. The van der Waals surface area contributed by atoms with Crippen LogP contribution in [0.3, 0.4) is 0 Å². The monoisotopic (exact) mass is 337 g/mol. The summed E-state index contributed by atoms with van der Waals surface area (Å²) in [5.41, 5.74) is 0. The zero-order chi connectivity index (χ0) is 12.8. The van der Waals surface area contributed by atoms with Crippen molar-refractivity contribution in [2.24, 2.45) is 0 Å². The number of carbonyl (C=O) groups excluding carboxylic acids is 1. The molecule has 0 N–H and O–H groups in total. The maximum Gasteiger partial charge on any atom is 0.226 e. The van der Waals surface area contributed by atoms with E-state index in [2.05, 4.69) is 5.38 Å². The van der Waals surface area contributed by atoms with Gasteiger partial charge in [0, 0.05) is 45.7 Å². The maximum absolute atomic E-state index is 11.6. The zero-order valence-corrected chi connectivity index (χ0v) is 13.7. The molecule has 1 amide bonds. The average molecular weight is 337 g/mol. The predicted octanol–water partition coefficient (Wildman–Crippen LogP) is 1.43. The first kappa shape index (κ1) is 14.4. The Morgan fingerprint density at radius 2 is 2.67 bits per heavy atom. The van der Waals surface area contributed by atoms with Crippen LogP contribution in [-0.2, 0) is 48.8 Å². The van der Waals surface area contributed by atoms with Crippen LogP contribution in [0.1, 0.15) is 17.7 Å². The van der Waals surface area contributed by atoms with E-state index in [4.69, 9.17) is 6.07 Å². The van der Waals surface area contributed by atoms with Crippen molar-refractivity contribution in [2.45, 2.75) is 25.5 Å². The second kappa shape index (κ2) is 8.26. The van der Waals surface area contributed by atoms with Crippen molar-refractivity contribution in [1.29, 1.82) is 1.34 Å². The SMILES string of the molecule is [2H][B]C=CN1C(=O)CC[C@@H]1COCc1cc[c-]s1.[Y]. The second-order valence-electron chi connectivity index (χ2n) is 3.87. The molecule has 6 heteroatoms. The number of rotatable bonds is 6. The van der Waals surface area contributed by atoms with Crippen LogP contribution in [0, 0.1) is 5.38 Å². The normalized spacial score (nSPS) is 20.0. The van der Waals surface area contributed by atoms with E-state index in [9.17, 15) is 4.79 Å². The van der Waals surface area contributed by atoms with E-state index < -0.39 is 0 Å². The Morgan fingerprint density at radius 1 is 1.78 bits per heavy atom. The van der Waals surface area contributed by atoms with E-state index in [1.165, 1.54) is 7.81 Å². The summed E-state index contributed by atoms with van der Waals surface area (Å²) in [6.45, 7) is 1.10. The minimum Gasteiger partial charge on any atom is -0.387 e. The van der Waals surface area contributed by atoms with Crippen LogP contribution in [0.25, 0.3) is 0 Å². The first-order chi connectivity index (χ1) is 8.81. The number of amides is 1. The number of nitrogens with zero attached hydrogens (tertiary/aromatic N) is 1. The molecular formula is C12H14BNO2SY-. The molecule has 1 aromatic rings. The Bertz CT molecular complexity index is 416. The molecule has 1 aromatic heterocycles. The summed E-state index contributed by atoms with van der Waals surface area (Å²) >= 11 is 1.55. The van der Waals surface area contributed by atoms with Gasteiger partial charge < -0.3 is 9.64 Å². The van der Waals surface area contributed by atoms with Crippen LogP contribution in [-0.4, -0.2) is 32.6 Å². The largest absolute Gasteiger partial charge is 0.387 e. The van der Waals surface area contributed by atoms with Crippen molar-refractivity contribution < 1.29 is 42.2 Å². The fraction of sp³-hybridized carbons (Fsp3) is 0.417. The van der Waals surface area contributed by atoms with Crippen LogP contribution in [0.2, 0.25) is 0 Å². The molecule has 1 aliphatic heterocycles. The van der Waals surface area contributed by atoms with Gasteiger partial charge in [-0.15, -0.1) is 16.2 Å². The van der Waals surface area contributed by atoms with E-state index in [-0.39, 0.29) is 44.7 Å². The minimum absolute atomic E-state index is 0. The molecule has 0 bridgehead atoms. The van der Waals surface area contributed by atoms with Gasteiger partial charge in [0.25, 0.3) is 0 Å². The molecule has 1 aliphatic rings. The van der Waals surface area contributed by atoms with Gasteiger partial charge in [0.1, 0.15) is 7.81 Å². The summed E-state index contributed by atoms with van der Waals surface area (Å²) in [7, 11) is 1.17. The molecule has 0 aromatic carbocycles. The summed E-state index contributed by atoms with van der Waals surface area (Å²) in [4.78, 5) is 14.4. The summed E-state index contributed by atoms with van der Waals surface area (Å²) in [5.74, 6) is 1.66. The van der Waals surface area contributed by atoms with Gasteiger partial charge in [-0.25, -0.2) is 0 Å². The average Bonchev–Trinajstić information content (AvgIpc) is 2.98. The third-order valence-electron chi connectivity index (χ3n) is 2.70. The van der Waals surface area contributed by atoms with Gasteiger partial charge in [-0.3, -0.25) is 16.1 Å². The fourth-order valence-corrected chi connectivity index (χ4v) is 2.43. The Kier molecular flexibility index (Phi) is 6.63. The van der Waals surface area contributed by atoms with Gasteiger partial charge in [-0.05, 0) is 14.0 Å². The van der Waals surface area contributed by atoms with Crippen LogP contribution in [0.4, 0.5) is 0 Å². The van der Waals surface area contributed by atoms with Crippen LogP contribution in [0.5, 0.6) is 0 Å². The molecule has 18 heavy (non-hydrogen) atoms. The first-order valence-electron chi connectivity index (χ1n) is 6.11. The van der Waals surface area contributed by atoms with E-state index >= 15 is 0 Å². The maximum atomic E-state index is 11.6. The number of likely N-dealkylation sites (tertiary alicyclic amines) is 1. The number of hydrogen-bond acceptors (Lipinski definition) is 3. The molecular weight excluding hydrogens is 322 g/mol. The minimum atomic E-state index is 0. The molecule has 0 spiro atoms. The standard InChI is InChI=1S/C12H14BNO2S.Y/c13-5-6-14-10(3-4-12(14)15)8-16-9-11-2-1-7-17-11;/h1-2,5-6,10,13H,3-4,8-9H2;/q-1;/t10-;/m1./s1/i13D;. The van der Waals surface area contributed by atoms with Crippen molar-refractivity contribution in [3.63, 3.8) is 0 Å². The van der Waals surface area contributed by atoms with Crippen molar-refractivity contribution in [3.8, 4) is 0 Å². The molecule has 0 saturated carbocycles. The van der Waals surface area contributed by atoms with Crippen LogP contribution in [0.15, 0.2) is 24.3 Å². The van der Waals surface area contributed by atoms with Crippen molar-refractivity contribution in [3.05, 3.63) is 34.6 Å². The molecule has 0 unspecified atom stereocenters. The Labute approximate surface area is 139 Å². The van der Waals surface area contributed by atoms with Crippen LogP contribution >= 0.6 is 11.3 Å². The molecule has 0 aliphatic carbocycles. The quantitative estimate of drug-likeness (QED) is 0.581. The summed E-state index contributed by atoms with van der Waals surface area (Å²) in [6, 6.07) is 3.95. The summed E-state index contributed by atoms with van der Waals surface area (Å²) in [6.07, 6.45) is 3.04. The Balaban J connectivity index is 0.00000180. The zero-order valence-electron chi connectivity index (χ0n) is 11.0. The van der Waals surface area contributed by atoms with Crippen molar-refractivity contribution in [1.82, 2.24) is 4.90 Å². The molecule has 1 atom stereocenters. The van der Waals surface area contributed by atoms with E-state index in [1.54, 1.807) is 28.4 Å². The molecule has 2 rings (SSSR count). The van der Waals surface area contributed by atoms with E-state index in [0.29, 0.717) is 19.6 Å². The van der Waals surface area contributed by atoms with E-state index in [1.807, 2.05) is 12.1 Å². The van der Waals surface area contributed by atoms with Gasteiger partial charge in [0.2, 0.25) is 5.91 Å². The van der Waals surface area contributed by atoms with Gasteiger partial charge in [-0.1, -0.05) is 0 Å². The van der Waals surface area contributed by atoms with Crippen molar-refractivity contribution in [2.75, 3.05) is 6.61 Å². The number of thiophene rings is 1. The molecule has 1 saturated heterocycles. The first-order valence-corrected chi connectivity index (χ1v) is 6.35. The van der Waals surface area contributed by atoms with Gasteiger partial charge in [0.05, 0.1) is 12.6 Å². The Morgan fingerprint density at radius 3 is 3.39 bits per heavy atom. The summed E-state index contributed by atoms with van der Waals surface area (Å²) < 4.78 is 12.6. The predicted molar refractivity (Wildman–Crippen MR) is 69.0 cm³/mol. The third kappa shape index (κ3) is 4.30. The number of hydrogen-bond donors (Lipinski definition) is 0. The fourth-order valence-electron chi connectivity index (χ4n) is 1.87. The third-order valence-corrected chi connectivity index (χ3v) is 3.47. The summed E-state index contributed by atoms with van der Waals surface area (Å²) in [5, 5.41) is 3.01. The van der Waals surface area contributed by atoms with E-state index in [0.717, 1.165) is 11.3 Å². The van der Waals surface area contributed by atoms with Crippen molar-refractivity contribution >= 4 is 25.1 Å². The Hall–Kier alpha value is 0.0388. The molecule has 2 radical (unpaired) electrons. The molecule has 92 valence electrons. The van der Waals surface area contributed by atoms with Gasteiger partial charge >= 0.3 is 0 Å². The van der Waals surface area contributed by atoms with Crippen LogP contribution < -0.4 is 0 Å². The second-order valence-corrected chi connectivity index (χ2v) is 4.83. The molecule has 2 heterocycles.